The van der Waals surface area contributed by atoms with Crippen LogP contribution in [0.15, 0.2) is 42.5 Å². The number of hydrogen-bond acceptors (Lipinski definition) is 3. The maximum absolute atomic E-state index is 12.8. The Labute approximate surface area is 194 Å². The van der Waals surface area contributed by atoms with Crippen molar-refractivity contribution in [2.24, 2.45) is 5.92 Å². The van der Waals surface area contributed by atoms with Crippen molar-refractivity contribution in [1.29, 1.82) is 0 Å². The fraction of sp³-hybridized carbons (Fsp3) is 0.381. The summed E-state index contributed by atoms with van der Waals surface area (Å²) in [5.41, 5.74) is 0.0832. The third-order valence-electron chi connectivity index (χ3n) is 5.27. The lowest BCUT2D eigenvalue weighted by Gasteiger charge is -2.30. The third-order valence-corrected chi connectivity index (χ3v) is 7.86. The van der Waals surface area contributed by atoms with E-state index < -0.39 is 27.7 Å². The summed E-state index contributed by atoms with van der Waals surface area (Å²) in [6.07, 6.45) is -3.79. The molecule has 11 heteroatoms. The number of halogens is 5. The Hall–Kier alpha value is -1.81. The van der Waals surface area contributed by atoms with Crippen molar-refractivity contribution in [3.05, 3.63) is 69.2 Å². The van der Waals surface area contributed by atoms with Gasteiger partial charge in [0.25, 0.3) is 0 Å². The van der Waals surface area contributed by atoms with Gasteiger partial charge in [0.15, 0.2) is 0 Å². The van der Waals surface area contributed by atoms with Crippen molar-refractivity contribution in [2.75, 3.05) is 13.1 Å². The molecule has 0 saturated carbocycles. The Morgan fingerprint density at radius 2 is 1.72 bits per heavy atom. The lowest BCUT2D eigenvalue weighted by molar-refractivity contribution is -0.137. The monoisotopic (exact) mass is 508 g/mol. The summed E-state index contributed by atoms with van der Waals surface area (Å²) < 4.78 is 65.2. The number of benzene rings is 2. The summed E-state index contributed by atoms with van der Waals surface area (Å²) in [5, 5.41) is 3.26. The molecular formula is C21H21Cl2F3N2O3S. The molecule has 1 amide bonds. The molecule has 5 nitrogen and oxygen atoms in total. The largest absolute Gasteiger partial charge is 0.416 e. The second-order valence-electron chi connectivity index (χ2n) is 7.59. The summed E-state index contributed by atoms with van der Waals surface area (Å²) in [6.45, 7) is 0.342. The number of nitrogens with zero attached hydrogens (tertiary/aromatic N) is 1. The maximum Gasteiger partial charge on any atom is 0.416 e. The molecule has 0 atom stereocenters. The first-order valence-electron chi connectivity index (χ1n) is 9.81. The highest BCUT2D eigenvalue weighted by atomic mass is 35.5. The normalized spacial score (nSPS) is 16.2. The second-order valence-corrected chi connectivity index (χ2v) is 10.4. The summed E-state index contributed by atoms with van der Waals surface area (Å²) >= 11 is 11.8. The summed E-state index contributed by atoms with van der Waals surface area (Å²) in [5.74, 6) is -0.933. The first-order valence-corrected chi connectivity index (χ1v) is 12.2. The minimum absolute atomic E-state index is 0.0292. The van der Waals surface area contributed by atoms with Gasteiger partial charge in [0.1, 0.15) is 0 Å². The predicted molar refractivity (Wildman–Crippen MR) is 117 cm³/mol. The quantitative estimate of drug-likeness (QED) is 0.605. The Bertz CT molecular complexity index is 1090. The van der Waals surface area contributed by atoms with Crippen LogP contribution in [-0.2, 0) is 33.3 Å². The van der Waals surface area contributed by atoms with Gasteiger partial charge in [0.2, 0.25) is 15.9 Å². The minimum atomic E-state index is -4.45. The molecule has 1 N–H and O–H groups in total. The van der Waals surface area contributed by atoms with Crippen LogP contribution in [0.25, 0.3) is 0 Å². The molecule has 1 heterocycles. The van der Waals surface area contributed by atoms with E-state index in [0.717, 1.165) is 12.1 Å². The van der Waals surface area contributed by atoms with Gasteiger partial charge >= 0.3 is 6.18 Å². The molecule has 0 bridgehead atoms. The van der Waals surface area contributed by atoms with Gasteiger partial charge in [-0.1, -0.05) is 41.4 Å². The van der Waals surface area contributed by atoms with Gasteiger partial charge in [-0.15, -0.1) is 0 Å². The molecule has 1 saturated heterocycles. The average Bonchev–Trinajstić information content (AvgIpc) is 2.74. The first-order chi connectivity index (χ1) is 15.0. The van der Waals surface area contributed by atoms with Crippen LogP contribution in [0.4, 0.5) is 13.2 Å². The van der Waals surface area contributed by atoms with E-state index in [2.05, 4.69) is 5.32 Å². The van der Waals surface area contributed by atoms with Crippen molar-refractivity contribution < 1.29 is 26.4 Å². The van der Waals surface area contributed by atoms with Crippen molar-refractivity contribution in [1.82, 2.24) is 9.62 Å². The van der Waals surface area contributed by atoms with Crippen LogP contribution in [0, 0.1) is 5.92 Å². The SMILES string of the molecule is O=C(NCc1cccc(C(F)(F)F)c1)C1CCN(S(=O)(=O)Cc2ccc(Cl)c(Cl)c2)CC1. The van der Waals surface area contributed by atoms with Gasteiger partial charge in [-0.25, -0.2) is 12.7 Å². The zero-order chi connectivity index (χ0) is 23.5. The van der Waals surface area contributed by atoms with Gasteiger partial charge < -0.3 is 5.32 Å². The number of amides is 1. The van der Waals surface area contributed by atoms with Crippen LogP contribution in [0.2, 0.25) is 10.0 Å². The number of sulfonamides is 1. The molecule has 0 aromatic heterocycles. The zero-order valence-electron chi connectivity index (χ0n) is 16.8. The van der Waals surface area contributed by atoms with E-state index in [9.17, 15) is 26.4 Å². The Kier molecular flexibility index (Phi) is 7.75. The predicted octanol–water partition coefficient (Wildman–Crippen LogP) is 4.87. The fourth-order valence-electron chi connectivity index (χ4n) is 3.52. The van der Waals surface area contributed by atoms with Gasteiger partial charge in [-0.3, -0.25) is 4.79 Å². The Balaban J connectivity index is 1.52. The third kappa shape index (κ3) is 6.37. The number of piperidine rings is 1. The fourth-order valence-corrected chi connectivity index (χ4v) is 5.39. The highest BCUT2D eigenvalue weighted by Gasteiger charge is 2.32. The van der Waals surface area contributed by atoms with Crippen molar-refractivity contribution in [3.63, 3.8) is 0 Å². The van der Waals surface area contributed by atoms with E-state index in [1.807, 2.05) is 0 Å². The van der Waals surface area contributed by atoms with E-state index in [-0.39, 0.29) is 36.3 Å². The van der Waals surface area contributed by atoms with Gasteiger partial charge in [0.05, 0.1) is 21.4 Å². The highest BCUT2D eigenvalue weighted by molar-refractivity contribution is 7.88. The molecular weight excluding hydrogens is 488 g/mol. The molecule has 2 aromatic carbocycles. The maximum atomic E-state index is 12.8. The van der Waals surface area contributed by atoms with Crippen LogP contribution in [0.5, 0.6) is 0 Å². The van der Waals surface area contributed by atoms with Crippen LogP contribution in [0.3, 0.4) is 0 Å². The smallest absolute Gasteiger partial charge is 0.352 e. The Morgan fingerprint density at radius 1 is 1.03 bits per heavy atom. The molecule has 3 rings (SSSR count). The second kappa shape index (κ2) is 9.99. The van der Waals surface area contributed by atoms with Gasteiger partial charge in [-0.05, 0) is 48.2 Å². The molecule has 0 unspecified atom stereocenters. The molecule has 1 fully saturated rings. The number of alkyl halides is 3. The minimum Gasteiger partial charge on any atom is -0.352 e. The molecule has 0 spiro atoms. The number of hydrogen-bond donors (Lipinski definition) is 1. The molecule has 1 aliphatic heterocycles. The number of rotatable bonds is 6. The lowest BCUT2D eigenvalue weighted by atomic mass is 9.97. The first kappa shape index (κ1) is 24.8. The van der Waals surface area contributed by atoms with Crippen LogP contribution >= 0.6 is 23.2 Å². The molecule has 1 aliphatic rings. The average molecular weight is 509 g/mol. The summed E-state index contributed by atoms with van der Waals surface area (Å²) in [7, 11) is -3.60. The molecule has 2 aromatic rings. The summed E-state index contributed by atoms with van der Waals surface area (Å²) in [6, 6.07) is 9.41. The van der Waals surface area contributed by atoms with E-state index >= 15 is 0 Å². The van der Waals surface area contributed by atoms with E-state index in [0.29, 0.717) is 29.0 Å². The topological polar surface area (TPSA) is 66.5 Å². The summed E-state index contributed by atoms with van der Waals surface area (Å²) in [4.78, 5) is 12.4. The zero-order valence-corrected chi connectivity index (χ0v) is 19.2. The van der Waals surface area contributed by atoms with E-state index in [1.165, 1.54) is 28.6 Å². The van der Waals surface area contributed by atoms with Crippen molar-refractivity contribution in [2.45, 2.75) is 31.3 Å². The molecule has 174 valence electrons. The number of nitrogens with one attached hydrogen (secondary N) is 1. The highest BCUT2D eigenvalue weighted by Crippen LogP contribution is 2.30. The molecule has 0 aliphatic carbocycles. The van der Waals surface area contributed by atoms with Crippen LogP contribution < -0.4 is 5.32 Å². The van der Waals surface area contributed by atoms with Crippen LogP contribution in [0.1, 0.15) is 29.5 Å². The van der Waals surface area contributed by atoms with Crippen molar-refractivity contribution >= 4 is 39.1 Å². The lowest BCUT2D eigenvalue weighted by Crippen LogP contribution is -2.43. The van der Waals surface area contributed by atoms with Gasteiger partial charge in [0, 0.05) is 25.6 Å². The number of carbonyl (C=O) groups is 1. The van der Waals surface area contributed by atoms with Crippen molar-refractivity contribution in [3.8, 4) is 0 Å². The molecule has 0 radical (unpaired) electrons. The Morgan fingerprint density at radius 3 is 2.34 bits per heavy atom. The standard InChI is InChI=1S/C21H21Cl2F3N2O3S/c22-18-5-4-15(11-19(18)23)13-32(30,31)28-8-6-16(7-9-28)20(29)27-12-14-2-1-3-17(10-14)21(24,25)26/h1-5,10-11,16H,6-9,12-13H2,(H,27,29). The van der Waals surface area contributed by atoms with E-state index in [1.54, 1.807) is 6.07 Å². The van der Waals surface area contributed by atoms with E-state index in [4.69, 9.17) is 23.2 Å². The molecule has 32 heavy (non-hydrogen) atoms. The van der Waals surface area contributed by atoms with Crippen LogP contribution in [-0.4, -0.2) is 31.7 Å². The number of carbonyl (C=O) groups excluding carboxylic acids is 1. The van der Waals surface area contributed by atoms with Gasteiger partial charge in [-0.2, -0.15) is 13.2 Å².